The van der Waals surface area contributed by atoms with Crippen molar-refractivity contribution in [2.45, 2.75) is 71.3 Å². The van der Waals surface area contributed by atoms with Crippen LogP contribution in [-0.2, 0) is 35.7 Å². The van der Waals surface area contributed by atoms with E-state index in [-0.39, 0.29) is 10.8 Å². The van der Waals surface area contributed by atoms with E-state index >= 15 is 0 Å². The first-order chi connectivity index (χ1) is 18.1. The van der Waals surface area contributed by atoms with Crippen LogP contribution in [0.1, 0.15) is 82.7 Å². The molecule has 204 valence electrons. The van der Waals surface area contributed by atoms with Crippen molar-refractivity contribution in [1.82, 2.24) is 0 Å². The molecule has 1 aliphatic carbocycles. The van der Waals surface area contributed by atoms with Crippen LogP contribution in [0.25, 0.3) is 11.1 Å². The lowest BCUT2D eigenvalue weighted by Crippen LogP contribution is -2.32. The van der Waals surface area contributed by atoms with Gasteiger partial charge in [-0.05, 0) is 45.1 Å². The molecule has 0 bridgehead atoms. The third-order valence-electron chi connectivity index (χ3n) is 7.22. The molecule has 0 atom stereocenters. The van der Waals surface area contributed by atoms with Crippen molar-refractivity contribution < 1.29 is 19.2 Å². The van der Waals surface area contributed by atoms with Gasteiger partial charge in [0.15, 0.2) is 5.60 Å². The maximum atomic E-state index is 6.60. The van der Waals surface area contributed by atoms with Crippen molar-refractivity contribution in [3.8, 4) is 11.1 Å². The quantitative estimate of drug-likeness (QED) is 0.147. The molecule has 0 aliphatic heterocycles. The van der Waals surface area contributed by atoms with E-state index in [1.807, 2.05) is 6.07 Å². The molecule has 0 spiro atoms. The lowest BCUT2D eigenvalue weighted by Gasteiger charge is -2.33. The standard InChI is InChI=1S/C34H44O4/c1-8-18-35-19-20-36-21-22-37-38-34(25-12-10-9-11-13-25)30-23-26(32(2,3)4)14-16-28(30)29-17-15-27(24-31(29)34)33(5,6)7/h9-17,23-24H,8,18-22H2,1-7H3. The molecule has 0 N–H and O–H groups in total. The van der Waals surface area contributed by atoms with Gasteiger partial charge >= 0.3 is 0 Å². The van der Waals surface area contributed by atoms with Gasteiger partial charge < -0.3 is 9.47 Å². The van der Waals surface area contributed by atoms with Crippen molar-refractivity contribution in [2.75, 3.05) is 33.0 Å². The third-order valence-corrected chi connectivity index (χ3v) is 7.22. The number of benzene rings is 3. The van der Waals surface area contributed by atoms with E-state index in [9.17, 15) is 0 Å². The maximum absolute atomic E-state index is 6.60. The molecule has 0 aromatic heterocycles. The average Bonchev–Trinajstić information content (AvgIpc) is 3.17. The van der Waals surface area contributed by atoms with Gasteiger partial charge in [0, 0.05) is 17.7 Å². The van der Waals surface area contributed by atoms with E-state index in [0.717, 1.165) is 29.7 Å². The molecule has 4 heteroatoms. The van der Waals surface area contributed by atoms with Gasteiger partial charge in [-0.3, -0.25) is 0 Å². The van der Waals surface area contributed by atoms with Crippen LogP contribution in [0.15, 0.2) is 66.7 Å². The summed E-state index contributed by atoms with van der Waals surface area (Å²) in [5.74, 6) is 0. The number of hydrogen-bond donors (Lipinski definition) is 0. The molecule has 0 unspecified atom stereocenters. The van der Waals surface area contributed by atoms with E-state index in [4.69, 9.17) is 19.2 Å². The smallest absolute Gasteiger partial charge is 0.180 e. The number of hydrogen-bond acceptors (Lipinski definition) is 4. The molecule has 4 nitrogen and oxygen atoms in total. The van der Waals surface area contributed by atoms with Crippen molar-refractivity contribution >= 4 is 0 Å². The molecule has 0 saturated heterocycles. The Labute approximate surface area is 229 Å². The van der Waals surface area contributed by atoms with E-state index in [1.54, 1.807) is 0 Å². The van der Waals surface area contributed by atoms with Crippen LogP contribution in [-0.4, -0.2) is 33.0 Å². The fraction of sp³-hybridized carbons (Fsp3) is 0.471. The van der Waals surface area contributed by atoms with Gasteiger partial charge in [-0.1, -0.05) is 115 Å². The molecule has 0 radical (unpaired) electrons. The van der Waals surface area contributed by atoms with Crippen LogP contribution in [0.3, 0.4) is 0 Å². The molecule has 0 heterocycles. The predicted octanol–water partition coefficient (Wildman–Crippen LogP) is 7.95. The third kappa shape index (κ3) is 5.89. The summed E-state index contributed by atoms with van der Waals surface area (Å²) in [6, 6.07) is 24.1. The Morgan fingerprint density at radius 1 is 0.605 bits per heavy atom. The first kappa shape index (κ1) is 28.5. The second-order valence-corrected chi connectivity index (χ2v) is 12.2. The average molecular weight is 517 g/mol. The molecule has 4 rings (SSSR count). The molecule has 3 aromatic carbocycles. The fourth-order valence-electron chi connectivity index (χ4n) is 5.03. The van der Waals surface area contributed by atoms with Gasteiger partial charge in [0.1, 0.15) is 6.61 Å². The van der Waals surface area contributed by atoms with E-state index < -0.39 is 5.60 Å². The number of rotatable bonds is 11. The molecule has 0 amide bonds. The van der Waals surface area contributed by atoms with Gasteiger partial charge in [0.25, 0.3) is 0 Å². The van der Waals surface area contributed by atoms with Crippen LogP contribution in [0.4, 0.5) is 0 Å². The van der Waals surface area contributed by atoms with Gasteiger partial charge in [0.05, 0.1) is 19.8 Å². The van der Waals surface area contributed by atoms with Gasteiger partial charge in [-0.15, -0.1) is 0 Å². The Hall–Kier alpha value is -2.50. The first-order valence-electron chi connectivity index (χ1n) is 13.9. The summed E-state index contributed by atoms with van der Waals surface area (Å²) >= 11 is 0. The minimum Gasteiger partial charge on any atom is -0.379 e. The Morgan fingerprint density at radius 2 is 1.11 bits per heavy atom. The second-order valence-electron chi connectivity index (χ2n) is 12.2. The van der Waals surface area contributed by atoms with Crippen molar-refractivity contribution in [1.29, 1.82) is 0 Å². The highest BCUT2D eigenvalue weighted by atomic mass is 17.2. The predicted molar refractivity (Wildman–Crippen MR) is 155 cm³/mol. The summed E-state index contributed by atoms with van der Waals surface area (Å²) in [4.78, 5) is 12.6. The van der Waals surface area contributed by atoms with Crippen LogP contribution in [0.2, 0.25) is 0 Å². The Balaban J connectivity index is 1.75. The Bertz CT molecular complexity index is 1140. The van der Waals surface area contributed by atoms with Crippen LogP contribution < -0.4 is 0 Å². The summed E-state index contributed by atoms with van der Waals surface area (Å²) in [5.41, 5.74) is 7.28. The monoisotopic (exact) mass is 516 g/mol. The maximum Gasteiger partial charge on any atom is 0.180 e. The highest BCUT2D eigenvalue weighted by Crippen LogP contribution is 2.54. The molecule has 3 aromatic rings. The van der Waals surface area contributed by atoms with Gasteiger partial charge in [-0.25, -0.2) is 9.78 Å². The van der Waals surface area contributed by atoms with E-state index in [2.05, 4.69) is 109 Å². The molecular weight excluding hydrogens is 472 g/mol. The Kier molecular flexibility index (Phi) is 8.78. The Morgan fingerprint density at radius 3 is 1.61 bits per heavy atom. The van der Waals surface area contributed by atoms with Crippen molar-refractivity contribution in [3.05, 3.63) is 94.5 Å². The minimum atomic E-state index is -0.890. The highest BCUT2D eigenvalue weighted by Gasteiger charge is 2.48. The normalized spacial score (nSPS) is 14.4. The fourth-order valence-corrected chi connectivity index (χ4v) is 5.03. The summed E-state index contributed by atoms with van der Waals surface area (Å²) < 4.78 is 11.2. The zero-order valence-electron chi connectivity index (χ0n) is 24.2. The van der Waals surface area contributed by atoms with E-state index in [1.165, 1.54) is 22.3 Å². The van der Waals surface area contributed by atoms with Crippen molar-refractivity contribution in [3.63, 3.8) is 0 Å². The number of ether oxygens (including phenoxy) is 2. The minimum absolute atomic E-state index is 0.00263. The number of fused-ring (bicyclic) bond motifs is 3. The molecule has 0 saturated carbocycles. The van der Waals surface area contributed by atoms with Crippen molar-refractivity contribution in [2.24, 2.45) is 0 Å². The molecule has 1 aliphatic rings. The topological polar surface area (TPSA) is 36.9 Å². The summed E-state index contributed by atoms with van der Waals surface area (Å²) in [6.45, 7) is 18.2. The first-order valence-corrected chi connectivity index (χ1v) is 13.9. The summed E-state index contributed by atoms with van der Waals surface area (Å²) in [6.07, 6.45) is 1.01. The SMILES string of the molecule is CCCOCCOCCOOC1(c2ccccc2)c2cc(C(C)(C)C)ccc2-c2ccc(C(C)(C)C)cc21. The largest absolute Gasteiger partial charge is 0.379 e. The van der Waals surface area contributed by atoms with Crippen LogP contribution in [0.5, 0.6) is 0 Å². The summed E-state index contributed by atoms with van der Waals surface area (Å²) in [5, 5.41) is 0. The second kappa shape index (κ2) is 11.7. The van der Waals surface area contributed by atoms with Gasteiger partial charge in [0.2, 0.25) is 0 Å². The lowest BCUT2D eigenvalue weighted by molar-refractivity contribution is -0.347. The zero-order valence-corrected chi connectivity index (χ0v) is 24.2. The molecule has 0 fully saturated rings. The van der Waals surface area contributed by atoms with Gasteiger partial charge in [-0.2, -0.15) is 0 Å². The molecule has 38 heavy (non-hydrogen) atoms. The van der Waals surface area contributed by atoms with E-state index in [0.29, 0.717) is 26.4 Å². The highest BCUT2D eigenvalue weighted by molar-refractivity contribution is 5.83. The zero-order chi connectivity index (χ0) is 27.4. The lowest BCUT2D eigenvalue weighted by atomic mass is 9.79. The van der Waals surface area contributed by atoms with Crippen LogP contribution >= 0.6 is 0 Å². The summed E-state index contributed by atoms with van der Waals surface area (Å²) in [7, 11) is 0. The van der Waals surface area contributed by atoms with Crippen LogP contribution in [0, 0.1) is 0 Å². The molecular formula is C34H44O4.